The number of hydrogen-bond acceptors (Lipinski definition) is 3. The first kappa shape index (κ1) is 19.9. The van der Waals surface area contributed by atoms with Gasteiger partial charge in [-0.15, -0.1) is 6.42 Å². The van der Waals surface area contributed by atoms with E-state index in [-0.39, 0.29) is 16.9 Å². The van der Waals surface area contributed by atoms with Crippen LogP contribution in [0.1, 0.15) is 59.8 Å². The molecule has 0 radical (unpaired) electrons. The van der Waals surface area contributed by atoms with E-state index in [0.29, 0.717) is 41.7 Å². The third-order valence-corrected chi connectivity index (χ3v) is 9.71. The molecular weight excluding hydrogens is 348 g/mol. The maximum absolute atomic E-state index is 12.1. The minimum absolute atomic E-state index is 0.0614. The van der Waals surface area contributed by atoms with Gasteiger partial charge in [-0.2, -0.15) is 0 Å². The fraction of sp³-hybridized carbons (Fsp3) is 0.760. The topological polar surface area (TPSA) is 54.4 Å². The fourth-order valence-corrected chi connectivity index (χ4v) is 8.18. The molecular formula is C25H34O3. The van der Waals surface area contributed by atoms with Crippen LogP contribution < -0.4 is 0 Å². The van der Waals surface area contributed by atoms with Gasteiger partial charge in [-0.25, -0.2) is 0 Å². The Labute approximate surface area is 169 Å². The third-order valence-electron chi connectivity index (χ3n) is 9.71. The summed E-state index contributed by atoms with van der Waals surface area (Å²) in [5.74, 6) is 6.79. The number of fused-ring (bicyclic) bond motifs is 7. The van der Waals surface area contributed by atoms with Crippen molar-refractivity contribution in [2.24, 2.45) is 52.3 Å². The molecule has 0 amide bonds. The van der Waals surface area contributed by atoms with Crippen LogP contribution in [0.4, 0.5) is 0 Å². The molecule has 9 unspecified atom stereocenters. The second-order valence-corrected chi connectivity index (χ2v) is 10.7. The summed E-state index contributed by atoms with van der Waals surface area (Å²) in [6.07, 6.45) is 12.3. The maximum atomic E-state index is 12.1. The summed E-state index contributed by atoms with van der Waals surface area (Å²) in [6, 6.07) is 0. The van der Waals surface area contributed by atoms with E-state index in [4.69, 9.17) is 4.79 Å². The van der Waals surface area contributed by atoms with Crippen molar-refractivity contribution in [2.45, 2.75) is 65.9 Å². The number of carbonyl (C=O) groups is 2. The van der Waals surface area contributed by atoms with Crippen molar-refractivity contribution >= 4 is 12.1 Å². The summed E-state index contributed by atoms with van der Waals surface area (Å²) in [4.78, 5) is 21.0. The van der Waals surface area contributed by atoms with Gasteiger partial charge in [0.15, 0.2) is 12.1 Å². The first-order valence-corrected chi connectivity index (χ1v) is 11.0. The highest BCUT2D eigenvalue weighted by molar-refractivity contribution is 5.91. The molecule has 0 aromatic carbocycles. The predicted molar refractivity (Wildman–Crippen MR) is 109 cm³/mol. The van der Waals surface area contributed by atoms with Gasteiger partial charge in [-0.1, -0.05) is 33.3 Å². The molecule has 3 nitrogen and oxygen atoms in total. The highest BCUT2D eigenvalue weighted by atomic mass is 16.3. The Hall–Kier alpha value is -1.40. The zero-order valence-corrected chi connectivity index (χ0v) is 17.7. The van der Waals surface area contributed by atoms with Gasteiger partial charge in [-0.05, 0) is 89.9 Å². The maximum Gasteiger partial charge on any atom is 0.192 e. The van der Waals surface area contributed by atoms with Crippen LogP contribution in [-0.4, -0.2) is 23.3 Å². The Morgan fingerprint density at radius 1 is 1.25 bits per heavy atom. The van der Waals surface area contributed by atoms with E-state index in [1.807, 2.05) is 6.08 Å². The van der Waals surface area contributed by atoms with E-state index < -0.39 is 0 Å². The predicted octanol–water partition coefficient (Wildman–Crippen LogP) is 4.05. The molecule has 0 saturated heterocycles. The van der Waals surface area contributed by atoms with Gasteiger partial charge in [0.1, 0.15) is 0 Å². The van der Waals surface area contributed by atoms with Crippen LogP contribution in [0.2, 0.25) is 0 Å². The molecule has 0 spiro atoms. The smallest absolute Gasteiger partial charge is 0.192 e. The SMILES string of the molecule is C#CC=O.CC1C2C(CCC3(C)C(O)C4CC4C23)C2(C)CCC(=O)C=C2[C@@H]1C. The number of aldehydes is 1. The molecule has 4 fully saturated rings. The van der Waals surface area contributed by atoms with Gasteiger partial charge in [-0.3, -0.25) is 9.59 Å². The van der Waals surface area contributed by atoms with Crippen molar-refractivity contribution in [3.63, 3.8) is 0 Å². The first-order chi connectivity index (χ1) is 13.2. The third kappa shape index (κ3) is 2.53. The van der Waals surface area contributed by atoms with Gasteiger partial charge in [0.25, 0.3) is 0 Å². The molecule has 4 saturated carbocycles. The quantitative estimate of drug-likeness (QED) is 0.508. The van der Waals surface area contributed by atoms with Crippen LogP contribution in [0.3, 0.4) is 0 Å². The van der Waals surface area contributed by atoms with Crippen LogP contribution in [0, 0.1) is 64.6 Å². The minimum Gasteiger partial charge on any atom is -0.392 e. The number of carbonyl (C=O) groups excluding carboxylic acids is 2. The van der Waals surface area contributed by atoms with Crippen molar-refractivity contribution in [2.75, 3.05) is 0 Å². The van der Waals surface area contributed by atoms with Crippen LogP contribution in [0.5, 0.6) is 0 Å². The zero-order chi connectivity index (χ0) is 20.4. The van der Waals surface area contributed by atoms with Crippen LogP contribution in [0.25, 0.3) is 0 Å². The molecule has 5 aliphatic rings. The summed E-state index contributed by atoms with van der Waals surface area (Å²) in [6.45, 7) is 9.66. The average molecular weight is 383 g/mol. The Balaban J connectivity index is 0.000000442. The van der Waals surface area contributed by atoms with Gasteiger partial charge in [0, 0.05) is 6.42 Å². The lowest BCUT2D eigenvalue weighted by molar-refractivity contribution is -0.126. The van der Waals surface area contributed by atoms with Crippen LogP contribution in [0.15, 0.2) is 11.6 Å². The molecule has 0 aromatic heterocycles. The van der Waals surface area contributed by atoms with E-state index in [2.05, 4.69) is 34.1 Å². The van der Waals surface area contributed by atoms with Crippen molar-refractivity contribution in [3.8, 4) is 12.3 Å². The highest BCUT2D eigenvalue weighted by Gasteiger charge is 2.71. The second kappa shape index (κ2) is 6.56. The molecule has 0 aliphatic heterocycles. The Morgan fingerprint density at radius 3 is 2.57 bits per heavy atom. The molecule has 5 rings (SSSR count). The lowest BCUT2D eigenvalue weighted by Gasteiger charge is -2.62. The Kier molecular flexibility index (Phi) is 4.66. The number of hydrogen-bond donors (Lipinski definition) is 1. The first-order valence-electron chi connectivity index (χ1n) is 11.0. The lowest BCUT2D eigenvalue weighted by atomic mass is 9.42. The van der Waals surface area contributed by atoms with Crippen molar-refractivity contribution in [1.29, 1.82) is 0 Å². The molecule has 5 aliphatic carbocycles. The standard InChI is InChI=1S/C22H32O2.C3H2O/c1-11-12(2)18-16(21(3)7-5-13(23)9-17(11)21)6-8-22(4)19(18)14-10-15(14)20(22)24;1-2-3-4/h9,11-12,14-16,18-20,24H,5-8,10H2,1-4H3;1,3H/t11-,12?,14?,15?,16?,18?,19?,20?,21?,22?;/m1./s1. The van der Waals surface area contributed by atoms with Gasteiger partial charge in [0.2, 0.25) is 0 Å². The monoisotopic (exact) mass is 382 g/mol. The summed E-state index contributed by atoms with van der Waals surface area (Å²) >= 11 is 0. The molecule has 3 heteroatoms. The molecule has 28 heavy (non-hydrogen) atoms. The highest BCUT2D eigenvalue weighted by Crippen LogP contribution is 2.74. The molecule has 0 aromatic rings. The molecule has 0 heterocycles. The largest absolute Gasteiger partial charge is 0.392 e. The van der Waals surface area contributed by atoms with Crippen molar-refractivity contribution < 1.29 is 14.7 Å². The zero-order valence-electron chi connectivity index (χ0n) is 17.7. The number of rotatable bonds is 0. The molecule has 1 N–H and O–H groups in total. The van der Waals surface area contributed by atoms with Crippen molar-refractivity contribution in [1.82, 2.24) is 0 Å². The molecule has 152 valence electrons. The minimum atomic E-state index is -0.0614. The molecule has 0 bridgehead atoms. The number of aliphatic hydroxyl groups excluding tert-OH is 1. The van der Waals surface area contributed by atoms with E-state index in [1.54, 1.807) is 5.92 Å². The number of ketones is 1. The van der Waals surface area contributed by atoms with Gasteiger partial charge in [0.05, 0.1) is 6.10 Å². The van der Waals surface area contributed by atoms with Gasteiger partial charge < -0.3 is 5.11 Å². The second-order valence-electron chi connectivity index (χ2n) is 10.7. The summed E-state index contributed by atoms with van der Waals surface area (Å²) in [5, 5.41) is 10.9. The summed E-state index contributed by atoms with van der Waals surface area (Å²) in [7, 11) is 0. The van der Waals surface area contributed by atoms with E-state index in [0.717, 1.165) is 24.7 Å². The fourth-order valence-electron chi connectivity index (χ4n) is 8.18. The summed E-state index contributed by atoms with van der Waals surface area (Å²) in [5.41, 5.74) is 1.84. The van der Waals surface area contributed by atoms with E-state index in [1.165, 1.54) is 24.8 Å². The number of aliphatic hydroxyl groups is 1. The number of allylic oxidation sites excluding steroid dienone is 1. The van der Waals surface area contributed by atoms with Crippen LogP contribution >= 0.6 is 0 Å². The normalized spacial score (nSPS) is 53.1. The Morgan fingerprint density at radius 2 is 1.93 bits per heavy atom. The van der Waals surface area contributed by atoms with E-state index >= 15 is 0 Å². The van der Waals surface area contributed by atoms with Crippen molar-refractivity contribution in [3.05, 3.63) is 11.6 Å². The average Bonchev–Trinajstić information content (AvgIpc) is 3.43. The number of terminal acetylenes is 1. The Bertz CT molecular complexity index is 760. The van der Waals surface area contributed by atoms with Gasteiger partial charge >= 0.3 is 0 Å². The van der Waals surface area contributed by atoms with Crippen LogP contribution in [-0.2, 0) is 9.59 Å². The molecule has 10 atom stereocenters. The summed E-state index contributed by atoms with van der Waals surface area (Å²) < 4.78 is 0. The van der Waals surface area contributed by atoms with E-state index in [9.17, 15) is 9.90 Å². The lowest BCUT2D eigenvalue weighted by Crippen LogP contribution is -2.57.